The largest absolute Gasteiger partial charge is 0.310 e. The molecule has 2 aliphatic rings. The minimum absolute atomic E-state index is 0.474. The molecule has 10 aromatic rings. The maximum absolute atomic E-state index is 2.49. The lowest BCUT2D eigenvalue weighted by Gasteiger charge is -2.32. The molecule has 0 bridgehead atoms. The van der Waals surface area contributed by atoms with Gasteiger partial charge in [0.1, 0.15) is 0 Å². The van der Waals surface area contributed by atoms with E-state index in [0.717, 1.165) is 17.1 Å². The lowest BCUT2D eigenvalue weighted by atomic mass is 9.69. The molecular weight excluding hydrogens is 675 g/mol. The molecule has 10 aromatic carbocycles. The van der Waals surface area contributed by atoms with Gasteiger partial charge in [0, 0.05) is 17.1 Å². The molecule has 1 heteroatoms. The van der Waals surface area contributed by atoms with Crippen LogP contribution in [0.1, 0.15) is 22.3 Å². The molecule has 0 aromatic heterocycles. The Morgan fingerprint density at radius 1 is 0.304 bits per heavy atom. The normalized spacial score (nSPS) is 13.1. The summed E-state index contributed by atoms with van der Waals surface area (Å²) in [5.41, 5.74) is 16.1. The summed E-state index contributed by atoms with van der Waals surface area (Å²) >= 11 is 0. The second-order valence-corrected chi connectivity index (χ2v) is 15.2. The van der Waals surface area contributed by atoms with Crippen molar-refractivity contribution in [3.63, 3.8) is 0 Å². The van der Waals surface area contributed by atoms with Crippen LogP contribution >= 0.6 is 0 Å². The van der Waals surface area contributed by atoms with E-state index in [0.29, 0.717) is 0 Å². The van der Waals surface area contributed by atoms with Gasteiger partial charge < -0.3 is 4.90 Å². The zero-order valence-electron chi connectivity index (χ0n) is 30.7. The van der Waals surface area contributed by atoms with E-state index in [4.69, 9.17) is 0 Å². The summed E-state index contributed by atoms with van der Waals surface area (Å²) in [5.74, 6) is 0. The van der Waals surface area contributed by atoms with Crippen molar-refractivity contribution in [1.29, 1.82) is 0 Å². The molecule has 0 unspecified atom stereocenters. The van der Waals surface area contributed by atoms with Gasteiger partial charge in [0.2, 0.25) is 0 Å². The van der Waals surface area contributed by atoms with E-state index < -0.39 is 5.41 Å². The average molecular weight is 710 g/mol. The summed E-state index contributed by atoms with van der Waals surface area (Å²) in [7, 11) is 0. The highest BCUT2D eigenvalue weighted by molar-refractivity contribution is 6.21. The number of anilines is 3. The Bertz CT molecular complexity index is 3130. The van der Waals surface area contributed by atoms with Gasteiger partial charge >= 0.3 is 0 Å². The fourth-order valence-corrected chi connectivity index (χ4v) is 10.1. The molecule has 56 heavy (non-hydrogen) atoms. The molecule has 0 atom stereocenters. The zero-order valence-corrected chi connectivity index (χ0v) is 30.7. The molecule has 0 heterocycles. The van der Waals surface area contributed by atoms with Gasteiger partial charge in [0.15, 0.2) is 0 Å². The molecule has 0 aliphatic heterocycles. The van der Waals surface area contributed by atoms with Crippen LogP contribution in [-0.4, -0.2) is 0 Å². The van der Waals surface area contributed by atoms with Gasteiger partial charge in [-0.05, 0) is 136 Å². The minimum Gasteiger partial charge on any atom is -0.310 e. The number of para-hydroxylation sites is 1. The predicted octanol–water partition coefficient (Wildman–Crippen LogP) is 14.6. The summed E-state index contributed by atoms with van der Waals surface area (Å²) in [6.45, 7) is 0. The smallest absolute Gasteiger partial charge is 0.0731 e. The van der Waals surface area contributed by atoms with Crippen LogP contribution in [0.25, 0.3) is 65.7 Å². The molecule has 1 spiro atoms. The van der Waals surface area contributed by atoms with Crippen molar-refractivity contribution in [2.24, 2.45) is 0 Å². The van der Waals surface area contributed by atoms with Crippen LogP contribution in [0.3, 0.4) is 0 Å². The highest BCUT2D eigenvalue weighted by Crippen LogP contribution is 2.66. The van der Waals surface area contributed by atoms with Gasteiger partial charge in [-0.15, -0.1) is 0 Å². The summed E-state index contributed by atoms with van der Waals surface area (Å²) in [6.07, 6.45) is 0. The summed E-state index contributed by atoms with van der Waals surface area (Å²) < 4.78 is 0. The predicted molar refractivity (Wildman–Crippen MR) is 235 cm³/mol. The van der Waals surface area contributed by atoms with Crippen LogP contribution in [0.15, 0.2) is 212 Å². The quantitative estimate of drug-likeness (QED) is 0.164. The lowest BCUT2D eigenvalue weighted by molar-refractivity contribution is 0.803. The fraction of sp³-hybridized carbons (Fsp3) is 0.0182. The maximum Gasteiger partial charge on any atom is 0.0731 e. The van der Waals surface area contributed by atoms with E-state index in [1.807, 2.05) is 0 Å². The number of fused-ring (bicyclic) bond motifs is 16. The summed E-state index contributed by atoms with van der Waals surface area (Å²) in [4.78, 5) is 2.40. The van der Waals surface area contributed by atoms with Crippen molar-refractivity contribution in [1.82, 2.24) is 0 Å². The molecule has 260 valence electrons. The van der Waals surface area contributed by atoms with Crippen LogP contribution in [0.5, 0.6) is 0 Å². The second-order valence-electron chi connectivity index (χ2n) is 15.2. The van der Waals surface area contributed by atoms with Crippen LogP contribution in [0.2, 0.25) is 0 Å². The molecule has 0 amide bonds. The number of hydrogen-bond acceptors (Lipinski definition) is 1. The van der Waals surface area contributed by atoms with E-state index >= 15 is 0 Å². The van der Waals surface area contributed by atoms with Crippen molar-refractivity contribution < 1.29 is 0 Å². The Kier molecular flexibility index (Phi) is 6.62. The molecule has 0 saturated heterocycles. The van der Waals surface area contributed by atoms with E-state index in [9.17, 15) is 0 Å². The van der Waals surface area contributed by atoms with Crippen LogP contribution in [0.4, 0.5) is 17.1 Å². The fourth-order valence-electron chi connectivity index (χ4n) is 10.1. The van der Waals surface area contributed by atoms with Crippen molar-refractivity contribution >= 4 is 49.4 Å². The third kappa shape index (κ3) is 4.26. The Balaban J connectivity index is 1.17. The summed E-state index contributed by atoms with van der Waals surface area (Å²) in [5, 5.41) is 7.66. The van der Waals surface area contributed by atoms with Gasteiger partial charge in [0.25, 0.3) is 0 Å². The highest BCUT2D eigenvalue weighted by atomic mass is 15.1. The first-order valence-electron chi connectivity index (χ1n) is 19.5. The van der Waals surface area contributed by atoms with E-state index in [2.05, 4.69) is 217 Å². The highest BCUT2D eigenvalue weighted by Gasteiger charge is 2.53. The van der Waals surface area contributed by atoms with Gasteiger partial charge in [-0.1, -0.05) is 164 Å². The first-order valence-corrected chi connectivity index (χ1v) is 19.5. The van der Waals surface area contributed by atoms with Gasteiger partial charge in [-0.3, -0.25) is 0 Å². The van der Waals surface area contributed by atoms with Crippen molar-refractivity contribution in [2.75, 3.05) is 4.90 Å². The third-order valence-electron chi connectivity index (χ3n) is 12.4. The number of benzene rings is 10. The lowest BCUT2D eigenvalue weighted by Crippen LogP contribution is -2.26. The Labute approximate surface area is 326 Å². The van der Waals surface area contributed by atoms with Crippen molar-refractivity contribution in [2.45, 2.75) is 5.41 Å². The molecule has 0 fully saturated rings. The van der Waals surface area contributed by atoms with Crippen LogP contribution in [-0.2, 0) is 5.41 Å². The number of rotatable bonds is 4. The zero-order chi connectivity index (χ0) is 36.8. The first-order chi connectivity index (χ1) is 27.8. The van der Waals surface area contributed by atoms with Gasteiger partial charge in [0.05, 0.1) is 5.41 Å². The Morgan fingerprint density at radius 2 is 0.839 bits per heavy atom. The number of hydrogen-bond donors (Lipinski definition) is 0. The van der Waals surface area contributed by atoms with Crippen molar-refractivity contribution in [3.8, 4) is 33.4 Å². The first kappa shape index (κ1) is 31.2. The Morgan fingerprint density at radius 3 is 1.55 bits per heavy atom. The van der Waals surface area contributed by atoms with Gasteiger partial charge in [-0.25, -0.2) is 0 Å². The molecule has 0 N–H and O–H groups in total. The molecule has 0 radical (unpaired) electrons. The monoisotopic (exact) mass is 709 g/mol. The van der Waals surface area contributed by atoms with E-state index in [-0.39, 0.29) is 0 Å². The van der Waals surface area contributed by atoms with E-state index in [1.165, 1.54) is 88.0 Å². The minimum atomic E-state index is -0.474. The molecular formula is C55H35N. The van der Waals surface area contributed by atoms with Crippen molar-refractivity contribution in [3.05, 3.63) is 235 Å². The Hall–Kier alpha value is -7.22. The molecule has 2 aliphatic carbocycles. The van der Waals surface area contributed by atoms with Gasteiger partial charge in [-0.2, -0.15) is 0 Å². The topological polar surface area (TPSA) is 3.24 Å². The third-order valence-corrected chi connectivity index (χ3v) is 12.4. The van der Waals surface area contributed by atoms with Crippen LogP contribution in [0, 0.1) is 0 Å². The standard InChI is InChI=1S/C55H35N/c1-3-15-36(16-4-1)37-27-29-41(30-28-37)56(40-19-5-2-6-20-40)42-31-32-47-48(35-42)43-21-9-10-24-46(43)53-49-33-38-17-7-8-18-39(38)34-52(49)55(54(47)53)50-25-13-11-22-44(50)45-23-12-14-26-51(45)55/h1-35H. The SMILES string of the molecule is c1ccc(-c2ccc(N(c3ccccc3)c3ccc4c5c(c6ccccc6c4c3)-c3cc4ccccc4cc3C53c4ccccc4-c4ccccc43)cc2)cc1. The maximum atomic E-state index is 2.49. The van der Waals surface area contributed by atoms with E-state index in [1.54, 1.807) is 0 Å². The molecule has 1 nitrogen and oxygen atoms in total. The molecule has 12 rings (SSSR count). The average Bonchev–Trinajstić information content (AvgIpc) is 3.74. The molecule has 0 saturated carbocycles. The second kappa shape index (κ2) is 11.9. The summed E-state index contributed by atoms with van der Waals surface area (Å²) in [6, 6.07) is 78.7. The van der Waals surface area contributed by atoms with Crippen LogP contribution < -0.4 is 4.90 Å². The number of nitrogens with zero attached hydrogens (tertiary/aromatic N) is 1.